The van der Waals surface area contributed by atoms with Gasteiger partial charge in [-0.05, 0) is 41.8 Å². The van der Waals surface area contributed by atoms with E-state index < -0.39 is 11.7 Å². The van der Waals surface area contributed by atoms with Crippen molar-refractivity contribution in [2.24, 2.45) is 11.1 Å². The quantitative estimate of drug-likeness (QED) is 0.708. The Kier molecular flexibility index (Phi) is 5.02. The van der Waals surface area contributed by atoms with E-state index in [0.29, 0.717) is 6.61 Å². The molecule has 0 aromatic heterocycles. The van der Waals surface area contributed by atoms with E-state index in [4.69, 9.17) is 15.2 Å². The Morgan fingerprint density at radius 3 is 2.31 bits per heavy atom. The fourth-order valence-corrected chi connectivity index (χ4v) is 3.71. The van der Waals surface area contributed by atoms with Crippen molar-refractivity contribution in [2.45, 2.75) is 45.3 Å². The van der Waals surface area contributed by atoms with Gasteiger partial charge in [-0.2, -0.15) is 0 Å². The number of carbonyl (C=O) groups is 1. The summed E-state index contributed by atoms with van der Waals surface area (Å²) in [6.07, 6.45) is 0.0790. The van der Waals surface area contributed by atoms with Crippen molar-refractivity contribution in [2.75, 3.05) is 0 Å². The molecule has 0 aliphatic heterocycles. The molecule has 3 rings (SSSR count). The van der Waals surface area contributed by atoms with Crippen molar-refractivity contribution >= 4 is 22.0 Å². The Bertz CT molecular complexity index is 780. The zero-order valence-electron chi connectivity index (χ0n) is 15.3. The zero-order chi connectivity index (χ0) is 18.9. The predicted octanol–water partition coefficient (Wildman–Crippen LogP) is 5.40. The van der Waals surface area contributed by atoms with Gasteiger partial charge >= 0.3 is 6.09 Å². The topological polar surface area (TPSA) is 61.5 Å². The highest BCUT2D eigenvalue weighted by atomic mass is 79.9. The van der Waals surface area contributed by atoms with Crippen LogP contribution in [0.3, 0.4) is 0 Å². The summed E-state index contributed by atoms with van der Waals surface area (Å²) in [5.41, 5.74) is 6.84. The minimum Gasteiger partial charge on any atom is -0.489 e. The van der Waals surface area contributed by atoms with E-state index in [-0.39, 0.29) is 11.3 Å². The summed E-state index contributed by atoms with van der Waals surface area (Å²) < 4.78 is 12.4. The Balaban J connectivity index is 1.66. The normalized spacial score (nSPS) is 21.9. The highest BCUT2D eigenvalue weighted by Crippen LogP contribution is 2.63. The second-order valence-corrected chi connectivity index (χ2v) is 8.72. The van der Waals surface area contributed by atoms with Gasteiger partial charge in [0.2, 0.25) is 0 Å². The summed E-state index contributed by atoms with van der Waals surface area (Å²) in [5.74, 6) is 0.977. The summed E-state index contributed by atoms with van der Waals surface area (Å²) in [7, 11) is 0. The lowest BCUT2D eigenvalue weighted by Gasteiger charge is -2.31. The van der Waals surface area contributed by atoms with Crippen LogP contribution in [0.1, 0.15) is 44.2 Å². The van der Waals surface area contributed by atoms with Crippen LogP contribution in [0, 0.1) is 5.41 Å². The van der Waals surface area contributed by atoms with Crippen molar-refractivity contribution in [1.82, 2.24) is 0 Å². The summed E-state index contributed by atoms with van der Waals surface area (Å²) in [6, 6.07) is 16.1. The van der Waals surface area contributed by atoms with Gasteiger partial charge in [0.05, 0.1) is 0 Å². The Labute approximate surface area is 162 Å². The fraction of sp³-hybridized carbons (Fsp3) is 0.381. The van der Waals surface area contributed by atoms with Crippen molar-refractivity contribution < 1.29 is 14.3 Å². The molecule has 0 radical (unpaired) electrons. The number of halogens is 1. The lowest BCUT2D eigenvalue weighted by Crippen LogP contribution is -2.37. The monoisotopic (exact) mass is 417 g/mol. The highest BCUT2D eigenvalue weighted by Gasteiger charge is 2.65. The molecule has 2 atom stereocenters. The van der Waals surface area contributed by atoms with Gasteiger partial charge in [0.15, 0.2) is 0 Å². The minimum atomic E-state index is -0.711. The number of rotatable bonds is 5. The van der Waals surface area contributed by atoms with Crippen LogP contribution in [0.15, 0.2) is 53.0 Å². The van der Waals surface area contributed by atoms with Gasteiger partial charge in [-0.15, -0.1) is 0 Å². The van der Waals surface area contributed by atoms with E-state index in [2.05, 4.69) is 36.7 Å². The van der Waals surface area contributed by atoms with Crippen LogP contribution in [0.25, 0.3) is 0 Å². The van der Waals surface area contributed by atoms with Gasteiger partial charge in [-0.3, -0.25) is 0 Å². The number of benzene rings is 2. The van der Waals surface area contributed by atoms with Gasteiger partial charge in [0.1, 0.15) is 18.0 Å². The van der Waals surface area contributed by atoms with E-state index in [1.54, 1.807) is 0 Å². The molecule has 5 heteroatoms. The molecule has 0 saturated heterocycles. The van der Waals surface area contributed by atoms with Gasteiger partial charge in [0.25, 0.3) is 0 Å². The first-order valence-corrected chi connectivity index (χ1v) is 9.46. The summed E-state index contributed by atoms with van der Waals surface area (Å²) in [4.78, 5) is 11.4. The average molecular weight is 418 g/mol. The second kappa shape index (κ2) is 6.95. The van der Waals surface area contributed by atoms with Crippen molar-refractivity contribution in [3.05, 3.63) is 64.1 Å². The molecule has 1 fully saturated rings. The Hall–Kier alpha value is -2.01. The molecule has 1 aliphatic rings. The predicted molar refractivity (Wildman–Crippen MR) is 105 cm³/mol. The maximum Gasteiger partial charge on any atom is 0.405 e. The number of primary amides is 1. The lowest BCUT2D eigenvalue weighted by atomic mass is 9.83. The molecule has 0 unspecified atom stereocenters. The van der Waals surface area contributed by atoms with E-state index in [9.17, 15) is 4.79 Å². The SMILES string of the molecule is CC(C)(C)[C@@]1(OC(N)=O)C[C@H]1c1ccc(OCc2ccc(Br)cc2)cc1. The molecule has 1 aliphatic carbocycles. The molecular weight excluding hydrogens is 394 g/mol. The third-order valence-corrected chi connectivity index (χ3v) is 5.59. The van der Waals surface area contributed by atoms with Gasteiger partial charge in [-0.1, -0.05) is 61.0 Å². The van der Waals surface area contributed by atoms with Crippen LogP contribution in [0.2, 0.25) is 0 Å². The largest absolute Gasteiger partial charge is 0.489 e. The van der Waals surface area contributed by atoms with Crippen LogP contribution in [-0.4, -0.2) is 11.7 Å². The number of ether oxygens (including phenoxy) is 2. The second-order valence-electron chi connectivity index (χ2n) is 7.80. The van der Waals surface area contributed by atoms with Crippen LogP contribution < -0.4 is 10.5 Å². The molecule has 2 aromatic rings. The summed E-state index contributed by atoms with van der Waals surface area (Å²) >= 11 is 3.43. The summed E-state index contributed by atoms with van der Waals surface area (Å²) in [6.45, 7) is 6.75. The smallest absolute Gasteiger partial charge is 0.405 e. The van der Waals surface area contributed by atoms with E-state index in [1.807, 2.05) is 48.5 Å². The average Bonchev–Trinajstić information content (AvgIpc) is 3.29. The highest BCUT2D eigenvalue weighted by molar-refractivity contribution is 9.10. The van der Waals surface area contributed by atoms with Gasteiger partial charge in [0, 0.05) is 15.8 Å². The third-order valence-electron chi connectivity index (χ3n) is 5.06. The molecule has 1 amide bonds. The standard InChI is InChI=1S/C21H24BrNO3/c1-20(2,3)21(26-19(23)24)12-18(21)15-6-10-17(11-7-15)25-13-14-4-8-16(22)9-5-14/h4-11,18H,12-13H2,1-3H3,(H2,23,24)/t18-,21+/m0/s1. The van der Waals surface area contributed by atoms with E-state index >= 15 is 0 Å². The molecule has 0 spiro atoms. The molecule has 0 bridgehead atoms. The molecule has 2 aromatic carbocycles. The van der Waals surface area contributed by atoms with Crippen molar-refractivity contribution in [3.63, 3.8) is 0 Å². The summed E-state index contributed by atoms with van der Waals surface area (Å²) in [5, 5.41) is 0. The number of hydrogen-bond acceptors (Lipinski definition) is 3. The first-order valence-electron chi connectivity index (χ1n) is 8.67. The van der Waals surface area contributed by atoms with Crippen LogP contribution in [0.4, 0.5) is 4.79 Å². The van der Waals surface area contributed by atoms with Gasteiger partial charge in [-0.25, -0.2) is 4.79 Å². The first-order chi connectivity index (χ1) is 12.2. The van der Waals surface area contributed by atoms with Crippen LogP contribution >= 0.6 is 15.9 Å². The molecule has 4 nitrogen and oxygen atoms in total. The Morgan fingerprint density at radius 2 is 1.77 bits per heavy atom. The number of amides is 1. The number of hydrogen-bond donors (Lipinski definition) is 1. The van der Waals surface area contributed by atoms with Crippen LogP contribution in [-0.2, 0) is 11.3 Å². The number of carbonyl (C=O) groups excluding carboxylic acids is 1. The van der Waals surface area contributed by atoms with E-state index in [1.165, 1.54) is 0 Å². The fourth-order valence-electron chi connectivity index (χ4n) is 3.45. The van der Waals surface area contributed by atoms with Crippen LogP contribution in [0.5, 0.6) is 5.75 Å². The first kappa shape index (κ1) is 18.8. The zero-order valence-corrected chi connectivity index (χ0v) is 16.9. The van der Waals surface area contributed by atoms with E-state index in [0.717, 1.165) is 27.8 Å². The molecule has 2 N–H and O–H groups in total. The molecule has 1 saturated carbocycles. The Morgan fingerprint density at radius 1 is 1.15 bits per heavy atom. The molecule has 138 valence electrons. The molecule has 26 heavy (non-hydrogen) atoms. The van der Waals surface area contributed by atoms with Crippen molar-refractivity contribution in [1.29, 1.82) is 0 Å². The van der Waals surface area contributed by atoms with Gasteiger partial charge < -0.3 is 15.2 Å². The molecular formula is C21H24BrNO3. The third kappa shape index (κ3) is 3.88. The lowest BCUT2D eigenvalue weighted by molar-refractivity contribution is 0.0111. The number of nitrogens with two attached hydrogens (primary N) is 1. The minimum absolute atomic E-state index is 0.163. The maximum absolute atomic E-state index is 11.4. The van der Waals surface area contributed by atoms with Crippen molar-refractivity contribution in [3.8, 4) is 5.75 Å². The maximum atomic E-state index is 11.4. The molecule has 0 heterocycles.